The molecule has 25 heavy (non-hydrogen) atoms. The topological polar surface area (TPSA) is 94.0 Å². The van der Waals surface area contributed by atoms with Crippen molar-refractivity contribution >= 4 is 17.3 Å². The van der Waals surface area contributed by atoms with Gasteiger partial charge in [-0.05, 0) is 30.7 Å². The van der Waals surface area contributed by atoms with E-state index in [2.05, 4.69) is 15.5 Å². The number of nitrogens with zero attached hydrogens (tertiary/aromatic N) is 2. The van der Waals surface area contributed by atoms with Gasteiger partial charge in [0.2, 0.25) is 0 Å². The molecule has 7 heteroatoms. The number of carbonyl (C=O) groups is 1. The second-order valence-electron chi connectivity index (χ2n) is 5.64. The van der Waals surface area contributed by atoms with Crippen molar-refractivity contribution in [3.63, 3.8) is 0 Å². The molecule has 3 rings (SSSR count). The van der Waals surface area contributed by atoms with E-state index in [4.69, 9.17) is 10.3 Å². The molecule has 0 unspecified atom stereocenters. The number of nitrogens with one attached hydrogen (secondary N) is 1. The summed E-state index contributed by atoms with van der Waals surface area (Å²) in [6, 6.07) is 9.67. The average Bonchev–Trinajstić information content (AvgIpc) is 3.03. The Morgan fingerprint density at radius 2 is 2.16 bits per heavy atom. The lowest BCUT2D eigenvalue weighted by Crippen LogP contribution is -2.08. The van der Waals surface area contributed by atoms with Crippen LogP contribution in [0.25, 0.3) is 0 Å². The second kappa shape index (κ2) is 7.12. The number of aryl methyl sites for hydroxylation is 1. The zero-order chi connectivity index (χ0) is 17.8. The van der Waals surface area contributed by atoms with E-state index >= 15 is 0 Å². The van der Waals surface area contributed by atoms with Gasteiger partial charge in [0, 0.05) is 30.8 Å². The molecule has 2 heterocycles. The number of benzene rings is 1. The third-order valence-corrected chi connectivity index (χ3v) is 3.70. The molecule has 3 aromatic rings. The number of pyridine rings is 1. The van der Waals surface area contributed by atoms with Crippen molar-refractivity contribution in [2.75, 3.05) is 11.1 Å². The highest BCUT2D eigenvalue weighted by Gasteiger charge is 2.13. The first-order valence-corrected chi connectivity index (χ1v) is 7.71. The molecule has 0 aliphatic rings. The fraction of sp³-hybridized carbons (Fsp3) is 0.167. The van der Waals surface area contributed by atoms with E-state index in [1.165, 1.54) is 6.07 Å². The summed E-state index contributed by atoms with van der Waals surface area (Å²) in [6.07, 6.45) is 1.70. The predicted molar refractivity (Wildman–Crippen MR) is 91.7 cm³/mol. The Morgan fingerprint density at radius 1 is 1.32 bits per heavy atom. The van der Waals surface area contributed by atoms with E-state index in [-0.39, 0.29) is 30.3 Å². The highest BCUT2D eigenvalue weighted by molar-refractivity contribution is 5.95. The van der Waals surface area contributed by atoms with E-state index in [0.29, 0.717) is 28.4 Å². The Kier molecular flexibility index (Phi) is 4.74. The van der Waals surface area contributed by atoms with Crippen molar-refractivity contribution in [3.8, 4) is 0 Å². The lowest BCUT2D eigenvalue weighted by Gasteiger charge is -2.10. The molecule has 6 nitrogen and oxygen atoms in total. The number of anilines is 2. The van der Waals surface area contributed by atoms with Gasteiger partial charge in [-0.3, -0.25) is 4.79 Å². The van der Waals surface area contributed by atoms with Gasteiger partial charge >= 0.3 is 0 Å². The summed E-state index contributed by atoms with van der Waals surface area (Å²) in [5, 5.41) is 6.75. The van der Waals surface area contributed by atoms with Crippen LogP contribution in [-0.2, 0) is 13.0 Å². The predicted octanol–water partition coefficient (Wildman–Crippen LogP) is 3.14. The lowest BCUT2D eigenvalue weighted by atomic mass is 10.0. The van der Waals surface area contributed by atoms with Crippen LogP contribution in [0, 0.1) is 12.7 Å². The van der Waals surface area contributed by atoms with Crippen LogP contribution in [-0.4, -0.2) is 15.9 Å². The van der Waals surface area contributed by atoms with Crippen LogP contribution in [0.4, 0.5) is 15.9 Å². The zero-order valence-corrected chi connectivity index (χ0v) is 13.6. The Balaban J connectivity index is 1.72. The van der Waals surface area contributed by atoms with Gasteiger partial charge in [-0.15, -0.1) is 0 Å². The van der Waals surface area contributed by atoms with E-state index in [1.54, 1.807) is 43.5 Å². The van der Waals surface area contributed by atoms with E-state index in [9.17, 15) is 9.18 Å². The van der Waals surface area contributed by atoms with E-state index in [0.717, 1.165) is 0 Å². The van der Waals surface area contributed by atoms with Crippen LogP contribution in [0.15, 0.2) is 47.1 Å². The Labute approximate surface area is 143 Å². The minimum absolute atomic E-state index is 0.119. The molecular formula is C18H17FN4O2. The lowest BCUT2D eigenvalue weighted by molar-refractivity contribution is 0.0984. The zero-order valence-electron chi connectivity index (χ0n) is 13.6. The molecule has 0 bridgehead atoms. The summed E-state index contributed by atoms with van der Waals surface area (Å²) in [4.78, 5) is 16.2. The van der Waals surface area contributed by atoms with Crippen molar-refractivity contribution in [1.29, 1.82) is 0 Å². The summed E-state index contributed by atoms with van der Waals surface area (Å²) < 4.78 is 18.9. The minimum Gasteiger partial charge on any atom is -0.382 e. The number of hydrogen-bond acceptors (Lipinski definition) is 6. The Hall–Kier alpha value is -3.22. The molecule has 0 atom stereocenters. The van der Waals surface area contributed by atoms with Crippen LogP contribution in [0.2, 0.25) is 0 Å². The number of ketones is 1. The first-order chi connectivity index (χ1) is 12.0. The molecule has 128 valence electrons. The molecule has 0 radical (unpaired) electrons. The molecule has 3 N–H and O–H groups in total. The largest absolute Gasteiger partial charge is 0.382 e. The summed E-state index contributed by atoms with van der Waals surface area (Å²) in [5.74, 6) is 0.374. The van der Waals surface area contributed by atoms with Crippen molar-refractivity contribution in [2.45, 2.75) is 19.9 Å². The molecule has 0 saturated carbocycles. The maximum absolute atomic E-state index is 14.0. The monoisotopic (exact) mass is 340 g/mol. The van der Waals surface area contributed by atoms with Gasteiger partial charge in [0.15, 0.2) is 5.78 Å². The quantitative estimate of drug-likeness (QED) is 0.670. The van der Waals surface area contributed by atoms with Gasteiger partial charge in [-0.1, -0.05) is 17.3 Å². The number of Topliss-reactive ketones (excluding diaryl/α,β-unsaturated/α-hetero) is 1. The summed E-state index contributed by atoms with van der Waals surface area (Å²) >= 11 is 0. The SMILES string of the molecule is Cc1cc(C(=O)Cc2ccc(F)c(CNc3cccnc3N)c2)no1. The molecule has 0 amide bonds. The number of hydrogen-bond donors (Lipinski definition) is 2. The maximum Gasteiger partial charge on any atom is 0.189 e. The van der Waals surface area contributed by atoms with Crippen molar-refractivity contribution in [1.82, 2.24) is 10.1 Å². The number of nitrogen functional groups attached to an aromatic ring is 1. The van der Waals surface area contributed by atoms with Crippen molar-refractivity contribution in [3.05, 3.63) is 71.0 Å². The van der Waals surface area contributed by atoms with E-state index < -0.39 is 0 Å². The van der Waals surface area contributed by atoms with Crippen LogP contribution < -0.4 is 11.1 Å². The molecule has 1 aromatic carbocycles. The molecular weight excluding hydrogens is 323 g/mol. The molecule has 0 aliphatic carbocycles. The molecule has 2 aromatic heterocycles. The van der Waals surface area contributed by atoms with E-state index in [1.807, 2.05) is 0 Å². The molecule has 0 saturated heterocycles. The van der Waals surface area contributed by atoms with Gasteiger partial charge in [0.25, 0.3) is 0 Å². The van der Waals surface area contributed by atoms with Crippen LogP contribution in [0.1, 0.15) is 27.4 Å². The maximum atomic E-state index is 14.0. The van der Waals surface area contributed by atoms with Gasteiger partial charge in [-0.25, -0.2) is 9.37 Å². The third-order valence-electron chi connectivity index (χ3n) is 3.70. The summed E-state index contributed by atoms with van der Waals surface area (Å²) in [5.41, 5.74) is 7.78. The van der Waals surface area contributed by atoms with Crippen molar-refractivity contribution in [2.24, 2.45) is 0 Å². The number of carbonyl (C=O) groups excluding carboxylic acids is 1. The average molecular weight is 340 g/mol. The Morgan fingerprint density at radius 3 is 2.88 bits per heavy atom. The number of nitrogens with two attached hydrogens (primary N) is 1. The summed E-state index contributed by atoms with van der Waals surface area (Å²) in [7, 11) is 0. The minimum atomic E-state index is -0.358. The normalized spacial score (nSPS) is 10.6. The fourth-order valence-electron chi connectivity index (χ4n) is 2.40. The van der Waals surface area contributed by atoms with Crippen LogP contribution >= 0.6 is 0 Å². The first kappa shape index (κ1) is 16.6. The number of halogens is 1. The Bertz CT molecular complexity index is 908. The molecule has 0 aliphatic heterocycles. The molecule has 0 spiro atoms. The van der Waals surface area contributed by atoms with Crippen LogP contribution in [0.3, 0.4) is 0 Å². The van der Waals surface area contributed by atoms with Gasteiger partial charge in [0.05, 0.1) is 5.69 Å². The highest BCUT2D eigenvalue weighted by atomic mass is 19.1. The second-order valence-corrected chi connectivity index (χ2v) is 5.64. The van der Waals surface area contributed by atoms with Crippen LogP contribution in [0.5, 0.6) is 0 Å². The highest BCUT2D eigenvalue weighted by Crippen LogP contribution is 2.18. The number of rotatable bonds is 6. The summed E-state index contributed by atoms with van der Waals surface area (Å²) in [6.45, 7) is 1.95. The van der Waals surface area contributed by atoms with Gasteiger partial charge < -0.3 is 15.6 Å². The standard InChI is InChI=1S/C18H17FN4O2/c1-11-7-16(23-25-11)17(24)9-12-4-5-14(19)13(8-12)10-22-15-3-2-6-21-18(15)20/h2-8,22H,9-10H2,1H3,(H2,20,21). The third kappa shape index (κ3) is 4.00. The number of aromatic nitrogens is 2. The van der Waals surface area contributed by atoms with Gasteiger partial charge in [-0.2, -0.15) is 0 Å². The molecule has 0 fully saturated rings. The van der Waals surface area contributed by atoms with Gasteiger partial charge in [0.1, 0.15) is 23.1 Å². The smallest absolute Gasteiger partial charge is 0.189 e. The fourth-order valence-corrected chi connectivity index (χ4v) is 2.40. The van der Waals surface area contributed by atoms with Crippen molar-refractivity contribution < 1.29 is 13.7 Å². The first-order valence-electron chi connectivity index (χ1n) is 7.71.